The van der Waals surface area contributed by atoms with E-state index in [1.807, 2.05) is 24.3 Å². The van der Waals surface area contributed by atoms with Crippen molar-refractivity contribution in [2.45, 2.75) is 50.0 Å². The number of halogens is 4. The Labute approximate surface area is 169 Å². The number of para-hydroxylation sites is 1. The van der Waals surface area contributed by atoms with Gasteiger partial charge in [0, 0.05) is 35.8 Å². The molecule has 0 radical (unpaired) electrons. The molecule has 2 bridgehead atoms. The molecule has 2 N–H and O–H groups in total. The van der Waals surface area contributed by atoms with Crippen LogP contribution in [0, 0.1) is 0 Å². The van der Waals surface area contributed by atoms with Gasteiger partial charge in [-0.25, -0.2) is 9.59 Å². The molecule has 4 rings (SSSR count). The monoisotopic (exact) mass is 432 g/mol. The molecule has 2 aliphatic rings. The summed E-state index contributed by atoms with van der Waals surface area (Å²) in [6.45, 7) is 0. The third kappa shape index (κ3) is 4.67. The number of benzene rings is 1. The highest BCUT2D eigenvalue weighted by Crippen LogP contribution is 2.36. The van der Waals surface area contributed by atoms with E-state index in [9.17, 15) is 18.0 Å². The molecule has 2 fully saturated rings. The second-order valence-electron chi connectivity index (χ2n) is 7.21. The van der Waals surface area contributed by atoms with E-state index in [4.69, 9.17) is 26.2 Å². The predicted molar refractivity (Wildman–Crippen MR) is 100 cm³/mol. The van der Waals surface area contributed by atoms with Crippen LogP contribution in [0.25, 0.3) is 10.9 Å². The number of esters is 1. The minimum atomic E-state index is -5.08. The fourth-order valence-corrected chi connectivity index (χ4v) is 4.26. The summed E-state index contributed by atoms with van der Waals surface area (Å²) in [4.78, 5) is 27.0. The van der Waals surface area contributed by atoms with Crippen LogP contribution in [0.4, 0.5) is 13.2 Å². The second kappa shape index (κ2) is 8.23. The van der Waals surface area contributed by atoms with Crippen molar-refractivity contribution in [2.24, 2.45) is 0 Å². The zero-order chi connectivity index (χ0) is 21.3. The van der Waals surface area contributed by atoms with Crippen molar-refractivity contribution < 1.29 is 32.6 Å². The molecule has 0 spiro atoms. The number of nitrogens with one attached hydrogen (secondary N) is 1. The zero-order valence-electron chi connectivity index (χ0n) is 15.5. The number of carbonyl (C=O) groups is 2. The first-order valence-corrected chi connectivity index (χ1v) is 9.45. The first kappa shape index (κ1) is 21.4. The van der Waals surface area contributed by atoms with Crippen molar-refractivity contribution in [1.29, 1.82) is 0 Å². The van der Waals surface area contributed by atoms with Crippen molar-refractivity contribution in [2.75, 3.05) is 7.05 Å². The van der Waals surface area contributed by atoms with Gasteiger partial charge in [0.2, 0.25) is 0 Å². The van der Waals surface area contributed by atoms with Gasteiger partial charge in [-0.2, -0.15) is 13.2 Å². The molecular weight excluding hydrogens is 413 g/mol. The quantitative estimate of drug-likeness (QED) is 0.694. The molecule has 2 aliphatic heterocycles. The molecule has 1 aromatic heterocycles. The number of carboxylic acid groups (broad SMARTS) is 1. The summed E-state index contributed by atoms with van der Waals surface area (Å²) in [6.07, 6.45) is -0.797. The average Bonchev–Trinajstić information content (AvgIpc) is 3.05. The van der Waals surface area contributed by atoms with E-state index >= 15 is 0 Å². The van der Waals surface area contributed by atoms with Gasteiger partial charge >= 0.3 is 18.1 Å². The lowest BCUT2D eigenvalue weighted by atomic mass is 10.0. The van der Waals surface area contributed by atoms with Crippen molar-refractivity contribution in [1.82, 2.24) is 9.88 Å². The van der Waals surface area contributed by atoms with Gasteiger partial charge in [-0.1, -0.05) is 29.8 Å². The van der Waals surface area contributed by atoms with Gasteiger partial charge in [-0.15, -0.1) is 0 Å². The van der Waals surface area contributed by atoms with Crippen LogP contribution in [0.15, 0.2) is 24.3 Å². The van der Waals surface area contributed by atoms with Crippen LogP contribution in [0.3, 0.4) is 0 Å². The molecule has 3 atom stereocenters. The first-order valence-electron chi connectivity index (χ1n) is 9.07. The van der Waals surface area contributed by atoms with E-state index < -0.39 is 12.1 Å². The standard InChI is InChI=1S/C17H19ClN2O2.C2HF3O2/c1-20-10-6-7-11(20)9-12(8-10)22-17(21)15-13-4-2-3-5-14(13)19-16(15)18;3-2(4,5)1(6)7/h2-5,10-12,19H,6-9H2,1H3;(H,6,7)/t10-,11+,12?;. The van der Waals surface area contributed by atoms with Crippen LogP contribution >= 0.6 is 11.6 Å². The number of H-pyrrole nitrogens is 1. The number of aliphatic carboxylic acids is 1. The molecule has 1 aromatic carbocycles. The predicted octanol–water partition coefficient (Wildman–Crippen LogP) is 4.24. The van der Waals surface area contributed by atoms with Gasteiger partial charge in [0.15, 0.2) is 0 Å². The summed E-state index contributed by atoms with van der Waals surface area (Å²) in [7, 11) is 2.18. The molecule has 10 heteroatoms. The minimum absolute atomic E-state index is 0.00549. The highest BCUT2D eigenvalue weighted by Gasteiger charge is 2.40. The summed E-state index contributed by atoms with van der Waals surface area (Å²) < 4.78 is 37.5. The van der Waals surface area contributed by atoms with Gasteiger partial charge in [0.1, 0.15) is 16.8 Å². The Morgan fingerprint density at radius 2 is 1.76 bits per heavy atom. The summed E-state index contributed by atoms with van der Waals surface area (Å²) in [5, 5.41) is 8.32. The van der Waals surface area contributed by atoms with Crippen molar-refractivity contribution in [3.63, 3.8) is 0 Å². The van der Waals surface area contributed by atoms with Crippen molar-refractivity contribution in [3.8, 4) is 0 Å². The number of rotatable bonds is 2. The van der Waals surface area contributed by atoms with Crippen LogP contribution in [-0.2, 0) is 9.53 Å². The summed E-state index contributed by atoms with van der Waals surface area (Å²) in [5.41, 5.74) is 1.33. The fraction of sp³-hybridized carbons (Fsp3) is 0.474. The molecule has 158 valence electrons. The van der Waals surface area contributed by atoms with E-state index in [0.717, 1.165) is 23.7 Å². The summed E-state index contributed by atoms with van der Waals surface area (Å²) in [5.74, 6) is -3.07. The molecule has 2 aromatic rings. The molecule has 0 aliphatic carbocycles. The topological polar surface area (TPSA) is 82.6 Å². The number of piperidine rings is 1. The highest BCUT2D eigenvalue weighted by atomic mass is 35.5. The van der Waals surface area contributed by atoms with Crippen molar-refractivity contribution >= 4 is 34.4 Å². The highest BCUT2D eigenvalue weighted by molar-refractivity contribution is 6.34. The Bertz CT molecular complexity index is 900. The number of alkyl halides is 3. The first-order chi connectivity index (χ1) is 13.6. The number of ether oxygens (including phenoxy) is 1. The Hall–Kier alpha value is -2.26. The van der Waals surface area contributed by atoms with Gasteiger partial charge < -0.3 is 19.7 Å². The third-order valence-electron chi connectivity index (χ3n) is 5.44. The summed E-state index contributed by atoms with van der Waals surface area (Å²) >= 11 is 6.21. The lowest BCUT2D eigenvalue weighted by Gasteiger charge is -2.35. The third-order valence-corrected chi connectivity index (χ3v) is 5.72. The second-order valence-corrected chi connectivity index (χ2v) is 7.59. The number of hydrogen-bond donors (Lipinski definition) is 2. The smallest absolute Gasteiger partial charge is 0.475 e. The lowest BCUT2D eigenvalue weighted by Crippen LogP contribution is -2.43. The van der Waals surface area contributed by atoms with Gasteiger partial charge in [0.05, 0.1) is 0 Å². The van der Waals surface area contributed by atoms with Crippen LogP contribution in [0.5, 0.6) is 0 Å². The van der Waals surface area contributed by atoms with E-state index in [1.54, 1.807) is 0 Å². The van der Waals surface area contributed by atoms with E-state index in [0.29, 0.717) is 22.8 Å². The van der Waals surface area contributed by atoms with E-state index in [1.165, 1.54) is 12.8 Å². The molecule has 0 saturated carbocycles. The molecule has 1 unspecified atom stereocenters. The largest absolute Gasteiger partial charge is 0.490 e. The number of aromatic nitrogens is 1. The Morgan fingerprint density at radius 3 is 2.31 bits per heavy atom. The van der Waals surface area contributed by atoms with Crippen LogP contribution < -0.4 is 0 Å². The summed E-state index contributed by atoms with van der Waals surface area (Å²) in [6, 6.07) is 8.73. The maximum atomic E-state index is 12.6. The SMILES string of the molecule is CN1[C@@H]2CC[C@H]1CC(OC(=O)c1c(Cl)[nH]c3ccccc13)C2.O=C(O)C(F)(F)F. The number of aromatic amines is 1. The average molecular weight is 433 g/mol. The fourth-order valence-electron chi connectivity index (χ4n) is 3.98. The van der Waals surface area contributed by atoms with Gasteiger partial charge in [-0.3, -0.25) is 0 Å². The number of carbonyl (C=O) groups excluding carboxylic acids is 1. The molecule has 0 amide bonds. The Kier molecular flexibility index (Phi) is 6.09. The number of nitrogens with zero attached hydrogens (tertiary/aromatic N) is 1. The van der Waals surface area contributed by atoms with Gasteiger partial charge in [-0.05, 0) is 26.0 Å². The molecule has 29 heavy (non-hydrogen) atoms. The Morgan fingerprint density at radius 1 is 1.21 bits per heavy atom. The maximum Gasteiger partial charge on any atom is 0.490 e. The molecule has 3 heterocycles. The zero-order valence-corrected chi connectivity index (χ0v) is 16.3. The minimum Gasteiger partial charge on any atom is -0.475 e. The van der Waals surface area contributed by atoms with Crippen LogP contribution in [0.1, 0.15) is 36.0 Å². The van der Waals surface area contributed by atoms with Crippen LogP contribution in [-0.4, -0.2) is 58.3 Å². The van der Waals surface area contributed by atoms with E-state index in [-0.39, 0.29) is 12.1 Å². The number of fused-ring (bicyclic) bond motifs is 3. The number of hydrogen-bond acceptors (Lipinski definition) is 4. The number of carboxylic acids is 1. The lowest BCUT2D eigenvalue weighted by molar-refractivity contribution is -0.192. The molecule has 2 saturated heterocycles. The molecule has 6 nitrogen and oxygen atoms in total. The van der Waals surface area contributed by atoms with Gasteiger partial charge in [0.25, 0.3) is 0 Å². The van der Waals surface area contributed by atoms with E-state index in [2.05, 4.69) is 16.9 Å². The Balaban J connectivity index is 0.000000298. The van der Waals surface area contributed by atoms with Crippen LogP contribution in [0.2, 0.25) is 5.15 Å². The normalized spacial score (nSPS) is 24.1. The maximum absolute atomic E-state index is 12.6. The molecular formula is C19H20ClF3N2O4. The van der Waals surface area contributed by atoms with Crippen molar-refractivity contribution in [3.05, 3.63) is 35.0 Å².